The van der Waals surface area contributed by atoms with E-state index in [0.717, 1.165) is 16.7 Å². The summed E-state index contributed by atoms with van der Waals surface area (Å²) in [4.78, 5) is 25.0. The molecule has 0 saturated heterocycles. The Morgan fingerprint density at radius 2 is 2.09 bits per heavy atom. The van der Waals surface area contributed by atoms with E-state index in [2.05, 4.69) is 31.9 Å². The van der Waals surface area contributed by atoms with Gasteiger partial charge in [0.2, 0.25) is 5.91 Å². The Bertz CT molecular complexity index is 1420. The summed E-state index contributed by atoms with van der Waals surface area (Å²) in [6, 6.07) is 5.29. The van der Waals surface area contributed by atoms with Crippen molar-refractivity contribution in [3.63, 3.8) is 0 Å². The summed E-state index contributed by atoms with van der Waals surface area (Å²) in [6.07, 6.45) is 5.51. The number of aromatic nitrogens is 5. The van der Waals surface area contributed by atoms with Crippen LogP contribution in [-0.4, -0.2) is 41.5 Å². The lowest BCUT2D eigenvalue weighted by atomic mass is 10.0. The monoisotopic (exact) mass is 450 g/mol. The van der Waals surface area contributed by atoms with Gasteiger partial charge in [-0.3, -0.25) is 9.78 Å². The van der Waals surface area contributed by atoms with Crippen LogP contribution >= 0.6 is 0 Å². The van der Waals surface area contributed by atoms with Crippen molar-refractivity contribution in [1.82, 2.24) is 24.6 Å². The fourth-order valence-corrected chi connectivity index (χ4v) is 3.87. The van der Waals surface area contributed by atoms with Gasteiger partial charge in [-0.25, -0.2) is 23.3 Å². The lowest BCUT2D eigenvalue weighted by Gasteiger charge is -2.13. The van der Waals surface area contributed by atoms with Crippen LogP contribution in [0, 0.1) is 12.8 Å². The van der Waals surface area contributed by atoms with E-state index in [1.54, 1.807) is 29.1 Å². The van der Waals surface area contributed by atoms with Crippen molar-refractivity contribution in [2.75, 3.05) is 5.32 Å². The maximum Gasteiger partial charge on any atom is 0.260 e. The highest BCUT2D eigenvalue weighted by molar-refractivity contribution is 5.97. The molecule has 8 nitrogen and oxygen atoms in total. The summed E-state index contributed by atoms with van der Waals surface area (Å²) >= 11 is 0. The zero-order chi connectivity index (χ0) is 23.3. The number of aliphatic hydroxyl groups is 1. The van der Waals surface area contributed by atoms with Gasteiger partial charge in [0.1, 0.15) is 18.1 Å². The van der Waals surface area contributed by atoms with Gasteiger partial charge in [0.15, 0.2) is 5.65 Å². The topological polar surface area (TPSA) is 105 Å². The van der Waals surface area contributed by atoms with Crippen molar-refractivity contribution >= 4 is 28.3 Å². The molecule has 10 heteroatoms. The maximum absolute atomic E-state index is 13.2. The zero-order valence-electron chi connectivity index (χ0n) is 17.7. The van der Waals surface area contributed by atoms with E-state index in [1.807, 2.05) is 19.1 Å². The van der Waals surface area contributed by atoms with Crippen molar-refractivity contribution in [1.29, 1.82) is 0 Å². The first-order valence-electron chi connectivity index (χ1n) is 10.4. The predicted octanol–water partition coefficient (Wildman–Crippen LogP) is 3.85. The third-order valence-corrected chi connectivity index (χ3v) is 5.78. The summed E-state index contributed by atoms with van der Waals surface area (Å²) in [5.74, 6) is -4.85. The summed E-state index contributed by atoms with van der Waals surface area (Å²) in [7, 11) is 0. The van der Waals surface area contributed by atoms with Gasteiger partial charge < -0.3 is 10.4 Å². The van der Waals surface area contributed by atoms with Crippen LogP contribution in [0.15, 0.2) is 49.6 Å². The Kier molecular flexibility index (Phi) is 4.89. The first-order valence-corrected chi connectivity index (χ1v) is 10.4. The van der Waals surface area contributed by atoms with Gasteiger partial charge >= 0.3 is 0 Å². The first-order chi connectivity index (χ1) is 15.8. The van der Waals surface area contributed by atoms with Crippen molar-refractivity contribution in [2.45, 2.75) is 31.8 Å². The molecule has 1 aliphatic rings. The van der Waals surface area contributed by atoms with E-state index in [1.165, 1.54) is 6.33 Å². The molecule has 2 N–H and O–H groups in total. The van der Waals surface area contributed by atoms with E-state index in [9.17, 15) is 18.7 Å². The lowest BCUT2D eigenvalue weighted by molar-refractivity contribution is -0.119. The van der Waals surface area contributed by atoms with Gasteiger partial charge in [0, 0.05) is 41.4 Å². The number of carbonyl (C=O) groups excluding carboxylic acids is 1. The van der Waals surface area contributed by atoms with E-state index in [4.69, 9.17) is 0 Å². The minimum Gasteiger partial charge on any atom is -0.386 e. The Morgan fingerprint density at radius 3 is 2.79 bits per heavy atom. The molecule has 1 amide bonds. The van der Waals surface area contributed by atoms with E-state index in [-0.39, 0.29) is 5.82 Å². The SMILES string of the molecule is C=CC[C@H](O)c1cc(C)c(-c2cc3cnc(NC(=O)[C@H]4CC4(F)F)cc3n3ncnc23)cn1. The number of aliphatic hydroxyl groups excluding tert-OH is 1. The molecule has 0 spiro atoms. The van der Waals surface area contributed by atoms with E-state index < -0.39 is 30.3 Å². The molecule has 2 atom stereocenters. The number of amides is 1. The summed E-state index contributed by atoms with van der Waals surface area (Å²) in [6.45, 7) is 5.56. The summed E-state index contributed by atoms with van der Waals surface area (Å²) in [5.41, 5.74) is 4.21. The molecule has 0 aliphatic heterocycles. The number of anilines is 1. The molecule has 0 radical (unpaired) electrons. The number of carbonyl (C=O) groups is 1. The van der Waals surface area contributed by atoms with Crippen LogP contribution in [0.1, 0.15) is 30.2 Å². The Hall–Kier alpha value is -3.79. The first kappa shape index (κ1) is 21.1. The van der Waals surface area contributed by atoms with Crippen LogP contribution in [0.25, 0.3) is 27.7 Å². The largest absolute Gasteiger partial charge is 0.386 e. The number of fused-ring (bicyclic) bond motifs is 3. The van der Waals surface area contributed by atoms with Crippen LogP contribution in [0.2, 0.25) is 0 Å². The lowest BCUT2D eigenvalue weighted by Crippen LogP contribution is -2.18. The molecule has 1 aliphatic carbocycles. The number of alkyl halides is 2. The van der Waals surface area contributed by atoms with Gasteiger partial charge in [-0.1, -0.05) is 6.08 Å². The summed E-state index contributed by atoms with van der Waals surface area (Å²) in [5, 5.41) is 17.7. The molecular weight excluding hydrogens is 430 g/mol. The van der Waals surface area contributed by atoms with Gasteiger partial charge in [0.25, 0.3) is 5.92 Å². The number of hydrogen-bond acceptors (Lipinski definition) is 6. The molecule has 0 bridgehead atoms. The maximum atomic E-state index is 13.2. The Morgan fingerprint density at radius 1 is 1.30 bits per heavy atom. The standard InChI is InChI=1S/C23H20F2N6O2/c1-3-4-19(32)17-5-12(2)15(10-26-17)14-6-13-9-27-20(30-22(33)16-8-23(16,24)25)7-18(13)31-21(14)28-11-29-31/h3,5-7,9-11,16,19,32H,1,4,8H2,2H3,(H,27,30,33)/t16-,19+/m1/s1. The molecule has 5 rings (SSSR count). The smallest absolute Gasteiger partial charge is 0.260 e. The van der Waals surface area contributed by atoms with Crippen molar-refractivity contribution in [3.8, 4) is 11.1 Å². The minimum absolute atomic E-state index is 0.165. The molecule has 4 heterocycles. The highest BCUT2D eigenvalue weighted by atomic mass is 19.3. The molecule has 1 fully saturated rings. The number of aryl methyl sites for hydroxylation is 1. The third-order valence-electron chi connectivity index (χ3n) is 5.78. The van der Waals surface area contributed by atoms with Crippen LogP contribution in [0.4, 0.5) is 14.6 Å². The molecule has 4 aromatic rings. The molecule has 1 saturated carbocycles. The van der Waals surface area contributed by atoms with E-state index in [0.29, 0.717) is 28.7 Å². The molecular formula is C23H20F2N6O2. The van der Waals surface area contributed by atoms with Gasteiger partial charge in [-0.15, -0.1) is 6.58 Å². The minimum atomic E-state index is -2.95. The quantitative estimate of drug-likeness (QED) is 0.433. The number of halogens is 2. The van der Waals surface area contributed by atoms with Crippen molar-refractivity contribution < 1.29 is 18.7 Å². The molecule has 0 unspecified atom stereocenters. The second-order valence-electron chi connectivity index (χ2n) is 8.15. The van der Waals surface area contributed by atoms with Gasteiger partial charge in [0.05, 0.1) is 17.3 Å². The normalized spacial score (nSPS) is 17.8. The molecule has 168 valence electrons. The third kappa shape index (κ3) is 3.72. The Balaban J connectivity index is 1.54. The van der Waals surface area contributed by atoms with Crippen LogP contribution < -0.4 is 5.32 Å². The van der Waals surface area contributed by atoms with Crippen LogP contribution in [-0.2, 0) is 4.79 Å². The number of nitrogens with zero attached hydrogens (tertiary/aromatic N) is 5. The van der Waals surface area contributed by atoms with Gasteiger partial charge in [-0.2, -0.15) is 5.10 Å². The fourth-order valence-electron chi connectivity index (χ4n) is 3.87. The highest BCUT2D eigenvalue weighted by Crippen LogP contribution is 2.49. The number of hydrogen-bond donors (Lipinski definition) is 2. The van der Waals surface area contributed by atoms with Crippen LogP contribution in [0.3, 0.4) is 0 Å². The summed E-state index contributed by atoms with van der Waals surface area (Å²) < 4.78 is 28.0. The van der Waals surface area contributed by atoms with Crippen LogP contribution in [0.5, 0.6) is 0 Å². The Labute approximate surface area is 187 Å². The predicted molar refractivity (Wildman–Crippen MR) is 118 cm³/mol. The average molecular weight is 450 g/mol. The second-order valence-corrected chi connectivity index (χ2v) is 8.15. The number of rotatable bonds is 6. The molecule has 33 heavy (non-hydrogen) atoms. The zero-order valence-corrected chi connectivity index (χ0v) is 17.7. The molecule has 0 aromatic carbocycles. The number of pyridine rings is 3. The number of nitrogens with one attached hydrogen (secondary N) is 1. The second kappa shape index (κ2) is 7.66. The molecule has 4 aromatic heterocycles. The van der Waals surface area contributed by atoms with E-state index >= 15 is 0 Å². The fraction of sp³-hybridized carbons (Fsp3) is 0.261. The van der Waals surface area contributed by atoms with Crippen molar-refractivity contribution in [2.24, 2.45) is 5.92 Å². The highest BCUT2D eigenvalue weighted by Gasteiger charge is 2.61. The van der Waals surface area contributed by atoms with Crippen molar-refractivity contribution in [3.05, 3.63) is 60.8 Å². The van der Waals surface area contributed by atoms with Gasteiger partial charge in [-0.05, 0) is 31.0 Å². The average Bonchev–Trinajstić information content (AvgIpc) is 3.18.